The first-order valence-electron chi connectivity index (χ1n) is 6.21. The molecule has 0 aromatic heterocycles. The number of halogens is 1. The number of benzene rings is 1. The molecule has 0 bridgehead atoms. The number of piperazine rings is 1. The van der Waals surface area contributed by atoms with Crippen LogP contribution in [0.4, 0.5) is 0 Å². The number of carbonyl (C=O) groups excluding carboxylic acids is 1. The van der Waals surface area contributed by atoms with Gasteiger partial charge in [0.2, 0.25) is 5.91 Å². The van der Waals surface area contributed by atoms with E-state index >= 15 is 0 Å². The number of hydrogen-bond acceptors (Lipinski definition) is 4. The number of carbonyl (C=O) groups is 1. The van der Waals surface area contributed by atoms with Crippen LogP contribution in [0.15, 0.2) is 22.7 Å². The molecule has 19 heavy (non-hydrogen) atoms. The Bertz CT molecular complexity index is 461. The summed E-state index contributed by atoms with van der Waals surface area (Å²) in [4.78, 5) is 13.9. The van der Waals surface area contributed by atoms with Crippen LogP contribution in [-0.4, -0.2) is 44.1 Å². The van der Waals surface area contributed by atoms with E-state index in [1.807, 2.05) is 18.2 Å². The zero-order valence-corrected chi connectivity index (χ0v) is 12.4. The molecule has 3 N–H and O–H groups in total. The first-order valence-corrected chi connectivity index (χ1v) is 7.00. The van der Waals surface area contributed by atoms with E-state index < -0.39 is 0 Å². The van der Waals surface area contributed by atoms with E-state index in [1.54, 1.807) is 7.11 Å². The van der Waals surface area contributed by atoms with Crippen LogP contribution in [0.5, 0.6) is 5.75 Å². The lowest BCUT2D eigenvalue weighted by Crippen LogP contribution is -2.48. The molecule has 1 atom stereocenters. The SMILES string of the molecule is COc1ccc(C(C(N)=O)N2CCNCC2)cc1Br. The maximum Gasteiger partial charge on any atom is 0.239 e. The van der Waals surface area contributed by atoms with Gasteiger partial charge in [-0.25, -0.2) is 0 Å². The van der Waals surface area contributed by atoms with Crippen LogP contribution in [0.1, 0.15) is 11.6 Å². The fourth-order valence-corrected chi connectivity index (χ4v) is 2.91. The zero-order valence-electron chi connectivity index (χ0n) is 10.9. The van der Waals surface area contributed by atoms with Gasteiger partial charge in [-0.05, 0) is 33.6 Å². The van der Waals surface area contributed by atoms with Crippen molar-refractivity contribution in [3.63, 3.8) is 0 Å². The van der Waals surface area contributed by atoms with Gasteiger partial charge in [0.1, 0.15) is 11.8 Å². The lowest BCUT2D eigenvalue weighted by atomic mass is 10.0. The number of nitrogens with one attached hydrogen (secondary N) is 1. The van der Waals surface area contributed by atoms with Gasteiger partial charge in [0.25, 0.3) is 0 Å². The average Bonchev–Trinajstić information content (AvgIpc) is 2.40. The summed E-state index contributed by atoms with van der Waals surface area (Å²) in [6.45, 7) is 3.39. The van der Waals surface area contributed by atoms with Crippen LogP contribution >= 0.6 is 15.9 Å². The Morgan fingerprint density at radius 3 is 2.68 bits per heavy atom. The number of rotatable bonds is 4. The third-order valence-corrected chi connectivity index (χ3v) is 3.90. The molecule has 5 nitrogen and oxygen atoms in total. The molecule has 1 heterocycles. The van der Waals surface area contributed by atoms with Crippen molar-refractivity contribution in [2.45, 2.75) is 6.04 Å². The number of ether oxygens (including phenoxy) is 1. The number of nitrogens with two attached hydrogens (primary N) is 1. The van der Waals surface area contributed by atoms with Crippen molar-refractivity contribution in [1.82, 2.24) is 10.2 Å². The normalized spacial score (nSPS) is 18.0. The lowest BCUT2D eigenvalue weighted by molar-refractivity contribution is -0.123. The molecule has 1 saturated heterocycles. The van der Waals surface area contributed by atoms with Crippen LogP contribution in [0.2, 0.25) is 0 Å². The molecule has 1 aromatic carbocycles. The standard InChI is InChI=1S/C13H18BrN3O2/c1-19-11-3-2-9(8-10(11)14)12(13(15)18)17-6-4-16-5-7-17/h2-3,8,12,16H,4-7H2,1H3,(H2,15,18). The average molecular weight is 328 g/mol. The van der Waals surface area contributed by atoms with E-state index in [2.05, 4.69) is 26.1 Å². The summed E-state index contributed by atoms with van der Waals surface area (Å²) in [6.07, 6.45) is 0. The molecule has 0 saturated carbocycles. The molecule has 6 heteroatoms. The molecular weight excluding hydrogens is 310 g/mol. The molecular formula is C13H18BrN3O2. The Balaban J connectivity index is 2.28. The Labute approximate surface area is 121 Å². The molecule has 1 fully saturated rings. The summed E-state index contributed by atoms with van der Waals surface area (Å²) in [7, 11) is 1.61. The minimum atomic E-state index is -0.385. The molecule has 1 aromatic rings. The molecule has 0 radical (unpaired) electrons. The minimum Gasteiger partial charge on any atom is -0.496 e. The molecule has 1 unspecified atom stereocenters. The van der Waals surface area contributed by atoms with Crippen molar-refractivity contribution in [1.29, 1.82) is 0 Å². The van der Waals surface area contributed by atoms with Crippen molar-refractivity contribution >= 4 is 21.8 Å². The van der Waals surface area contributed by atoms with Crippen molar-refractivity contribution in [3.8, 4) is 5.75 Å². The van der Waals surface area contributed by atoms with Crippen LogP contribution < -0.4 is 15.8 Å². The summed E-state index contributed by atoms with van der Waals surface area (Å²) in [5.74, 6) is 0.422. The first kappa shape index (κ1) is 14.3. The van der Waals surface area contributed by atoms with E-state index in [1.165, 1.54) is 0 Å². The summed E-state index contributed by atoms with van der Waals surface area (Å²) in [5, 5.41) is 3.27. The van der Waals surface area contributed by atoms with Gasteiger partial charge in [0.05, 0.1) is 11.6 Å². The van der Waals surface area contributed by atoms with Crippen molar-refractivity contribution < 1.29 is 9.53 Å². The van der Waals surface area contributed by atoms with Gasteiger partial charge in [-0.2, -0.15) is 0 Å². The van der Waals surface area contributed by atoms with Gasteiger partial charge in [0.15, 0.2) is 0 Å². The second-order valence-electron chi connectivity index (χ2n) is 4.48. The predicted molar refractivity (Wildman–Crippen MR) is 77.1 cm³/mol. The van der Waals surface area contributed by atoms with Gasteiger partial charge in [0, 0.05) is 26.2 Å². The molecule has 0 aliphatic carbocycles. The van der Waals surface area contributed by atoms with Gasteiger partial charge in [-0.3, -0.25) is 9.69 Å². The quantitative estimate of drug-likeness (QED) is 0.861. The Morgan fingerprint density at radius 1 is 1.47 bits per heavy atom. The fraction of sp³-hybridized carbons (Fsp3) is 0.462. The van der Waals surface area contributed by atoms with Crippen molar-refractivity contribution in [2.75, 3.05) is 33.3 Å². The number of hydrogen-bond donors (Lipinski definition) is 2. The zero-order chi connectivity index (χ0) is 13.8. The lowest BCUT2D eigenvalue weighted by Gasteiger charge is -2.33. The molecule has 2 rings (SSSR count). The second kappa shape index (κ2) is 6.36. The number of methoxy groups -OCH3 is 1. The molecule has 1 aliphatic rings. The third-order valence-electron chi connectivity index (χ3n) is 3.28. The second-order valence-corrected chi connectivity index (χ2v) is 5.34. The molecule has 104 valence electrons. The van der Waals surface area contributed by atoms with Crippen molar-refractivity contribution in [2.24, 2.45) is 5.73 Å². The summed E-state index contributed by atoms with van der Waals surface area (Å²) in [6, 6.07) is 5.25. The minimum absolute atomic E-state index is 0.320. The van der Waals surface area contributed by atoms with Crippen LogP contribution in [-0.2, 0) is 4.79 Å². The monoisotopic (exact) mass is 327 g/mol. The smallest absolute Gasteiger partial charge is 0.239 e. The highest BCUT2D eigenvalue weighted by atomic mass is 79.9. The third kappa shape index (κ3) is 3.26. The fourth-order valence-electron chi connectivity index (χ4n) is 2.35. The number of amides is 1. The molecule has 0 spiro atoms. The Kier molecular flexibility index (Phi) is 4.79. The Hall–Kier alpha value is -1.11. The highest BCUT2D eigenvalue weighted by Gasteiger charge is 2.27. The summed E-state index contributed by atoms with van der Waals surface area (Å²) in [5.41, 5.74) is 6.46. The topological polar surface area (TPSA) is 67.6 Å². The van der Waals surface area contributed by atoms with E-state index in [9.17, 15) is 4.79 Å². The highest BCUT2D eigenvalue weighted by Crippen LogP contribution is 2.30. The van der Waals surface area contributed by atoms with E-state index in [0.29, 0.717) is 0 Å². The van der Waals surface area contributed by atoms with E-state index in [0.717, 1.165) is 42.0 Å². The maximum absolute atomic E-state index is 11.8. The molecule has 1 amide bonds. The highest BCUT2D eigenvalue weighted by molar-refractivity contribution is 9.10. The summed E-state index contributed by atoms with van der Waals surface area (Å²) < 4.78 is 6.03. The van der Waals surface area contributed by atoms with Gasteiger partial charge >= 0.3 is 0 Å². The van der Waals surface area contributed by atoms with Crippen LogP contribution in [0, 0.1) is 0 Å². The van der Waals surface area contributed by atoms with Crippen LogP contribution in [0.3, 0.4) is 0 Å². The first-order chi connectivity index (χ1) is 9.13. The van der Waals surface area contributed by atoms with E-state index in [-0.39, 0.29) is 11.9 Å². The number of primary amides is 1. The molecule has 1 aliphatic heterocycles. The largest absolute Gasteiger partial charge is 0.496 e. The maximum atomic E-state index is 11.8. The number of nitrogens with zero attached hydrogens (tertiary/aromatic N) is 1. The predicted octanol–water partition coefficient (Wildman–Crippen LogP) is 0.889. The van der Waals surface area contributed by atoms with Gasteiger partial charge in [-0.15, -0.1) is 0 Å². The summed E-state index contributed by atoms with van der Waals surface area (Å²) >= 11 is 3.44. The van der Waals surface area contributed by atoms with Gasteiger partial charge in [-0.1, -0.05) is 6.07 Å². The van der Waals surface area contributed by atoms with Crippen molar-refractivity contribution in [3.05, 3.63) is 28.2 Å². The Morgan fingerprint density at radius 2 is 2.16 bits per heavy atom. The van der Waals surface area contributed by atoms with E-state index in [4.69, 9.17) is 10.5 Å². The van der Waals surface area contributed by atoms with Crippen LogP contribution in [0.25, 0.3) is 0 Å². The van der Waals surface area contributed by atoms with Gasteiger partial charge < -0.3 is 15.8 Å².